The number of hydrogen-bond donors (Lipinski definition) is 1. The number of thioether (sulfide) groups is 1. The SMILES string of the molecule is CNC(C)Cc1noc(CCSc2ccc3c(c2)OCCO3)n1.Cl. The molecule has 0 saturated heterocycles. The van der Waals surface area contributed by atoms with Gasteiger partial charge < -0.3 is 19.3 Å². The predicted octanol–water partition coefficient (Wildman–Crippen LogP) is 2.75. The van der Waals surface area contributed by atoms with E-state index in [1.54, 1.807) is 11.8 Å². The van der Waals surface area contributed by atoms with E-state index < -0.39 is 0 Å². The Balaban J connectivity index is 0.00000208. The predicted molar refractivity (Wildman–Crippen MR) is 95.6 cm³/mol. The average molecular weight is 372 g/mol. The first-order valence-corrected chi connectivity index (χ1v) is 8.74. The van der Waals surface area contributed by atoms with Gasteiger partial charge in [0.15, 0.2) is 17.3 Å². The highest BCUT2D eigenvalue weighted by Gasteiger charge is 2.13. The average Bonchev–Trinajstić information content (AvgIpc) is 3.02. The van der Waals surface area contributed by atoms with Crippen molar-refractivity contribution in [3.8, 4) is 11.5 Å². The van der Waals surface area contributed by atoms with E-state index in [2.05, 4.69) is 22.4 Å². The van der Waals surface area contributed by atoms with Crippen molar-refractivity contribution in [2.45, 2.75) is 30.7 Å². The third-order valence-electron chi connectivity index (χ3n) is 3.59. The summed E-state index contributed by atoms with van der Waals surface area (Å²) in [4.78, 5) is 5.57. The molecule has 132 valence electrons. The van der Waals surface area contributed by atoms with Crippen LogP contribution in [0.25, 0.3) is 0 Å². The van der Waals surface area contributed by atoms with E-state index in [1.807, 2.05) is 25.2 Å². The molecule has 24 heavy (non-hydrogen) atoms. The molecule has 1 aromatic heterocycles. The minimum absolute atomic E-state index is 0. The Morgan fingerprint density at radius 2 is 2.04 bits per heavy atom. The summed E-state index contributed by atoms with van der Waals surface area (Å²) in [6.07, 6.45) is 1.52. The number of ether oxygens (including phenoxy) is 2. The highest BCUT2D eigenvalue weighted by Crippen LogP contribution is 2.34. The quantitative estimate of drug-likeness (QED) is 0.750. The van der Waals surface area contributed by atoms with Crippen molar-refractivity contribution in [3.63, 3.8) is 0 Å². The number of hydrogen-bond acceptors (Lipinski definition) is 7. The fourth-order valence-electron chi connectivity index (χ4n) is 2.22. The Morgan fingerprint density at radius 3 is 2.83 bits per heavy atom. The maximum absolute atomic E-state index is 5.59. The number of halogens is 1. The molecule has 0 aliphatic carbocycles. The maximum atomic E-state index is 5.59. The van der Waals surface area contributed by atoms with Crippen molar-refractivity contribution in [2.75, 3.05) is 26.0 Å². The van der Waals surface area contributed by atoms with Crippen LogP contribution in [-0.2, 0) is 12.8 Å². The summed E-state index contributed by atoms with van der Waals surface area (Å²) in [6.45, 7) is 3.32. The lowest BCUT2D eigenvalue weighted by Crippen LogP contribution is -2.24. The van der Waals surface area contributed by atoms with Crippen molar-refractivity contribution in [1.29, 1.82) is 0 Å². The molecule has 8 heteroatoms. The molecule has 1 aromatic carbocycles. The molecule has 0 bridgehead atoms. The van der Waals surface area contributed by atoms with Gasteiger partial charge in [-0.2, -0.15) is 4.98 Å². The zero-order valence-corrected chi connectivity index (χ0v) is 15.4. The van der Waals surface area contributed by atoms with Crippen molar-refractivity contribution in [1.82, 2.24) is 15.5 Å². The van der Waals surface area contributed by atoms with Gasteiger partial charge in [0.25, 0.3) is 0 Å². The van der Waals surface area contributed by atoms with Crippen LogP contribution in [0.5, 0.6) is 11.5 Å². The highest BCUT2D eigenvalue weighted by molar-refractivity contribution is 7.99. The number of nitrogens with zero attached hydrogens (tertiary/aromatic N) is 2. The van der Waals surface area contributed by atoms with E-state index in [4.69, 9.17) is 14.0 Å². The van der Waals surface area contributed by atoms with Crippen LogP contribution < -0.4 is 14.8 Å². The van der Waals surface area contributed by atoms with Crippen molar-refractivity contribution in [3.05, 3.63) is 29.9 Å². The summed E-state index contributed by atoms with van der Waals surface area (Å²) in [5.41, 5.74) is 0. The van der Waals surface area contributed by atoms with E-state index in [0.717, 1.165) is 40.8 Å². The van der Waals surface area contributed by atoms with Gasteiger partial charge >= 0.3 is 0 Å². The molecule has 1 atom stereocenters. The number of aryl methyl sites for hydroxylation is 1. The second kappa shape index (κ2) is 9.15. The van der Waals surface area contributed by atoms with Gasteiger partial charge in [0.05, 0.1) is 0 Å². The van der Waals surface area contributed by atoms with Crippen LogP contribution >= 0.6 is 24.2 Å². The number of likely N-dealkylation sites (N-methyl/N-ethyl adjacent to an activating group) is 1. The number of benzene rings is 1. The number of rotatable bonds is 7. The second-order valence-electron chi connectivity index (χ2n) is 5.40. The maximum Gasteiger partial charge on any atom is 0.227 e. The summed E-state index contributed by atoms with van der Waals surface area (Å²) < 4.78 is 16.4. The summed E-state index contributed by atoms with van der Waals surface area (Å²) >= 11 is 1.74. The van der Waals surface area contributed by atoms with Crippen LogP contribution in [0.2, 0.25) is 0 Å². The lowest BCUT2D eigenvalue weighted by Gasteiger charge is -2.18. The number of aromatic nitrogens is 2. The molecular formula is C16H22ClN3O3S. The molecule has 0 radical (unpaired) electrons. The molecule has 0 amide bonds. The van der Waals surface area contributed by atoms with E-state index in [0.29, 0.717) is 25.1 Å². The molecule has 2 aromatic rings. The Morgan fingerprint density at radius 1 is 1.25 bits per heavy atom. The van der Waals surface area contributed by atoms with E-state index in [-0.39, 0.29) is 12.4 Å². The molecule has 1 unspecified atom stereocenters. The van der Waals surface area contributed by atoms with Gasteiger partial charge in [-0.3, -0.25) is 0 Å². The third kappa shape index (κ3) is 5.03. The van der Waals surface area contributed by atoms with Crippen molar-refractivity contribution >= 4 is 24.2 Å². The summed E-state index contributed by atoms with van der Waals surface area (Å²) in [6, 6.07) is 6.37. The standard InChI is InChI=1S/C16H21N3O3S.ClH/c1-11(17-2)9-15-18-16(22-19-15)5-8-23-12-3-4-13-14(10-12)21-7-6-20-13;/h3-4,10-11,17H,5-9H2,1-2H3;1H. The molecule has 0 saturated carbocycles. The van der Waals surface area contributed by atoms with Gasteiger partial charge in [0, 0.05) is 29.5 Å². The van der Waals surface area contributed by atoms with Gasteiger partial charge in [-0.05, 0) is 32.2 Å². The van der Waals surface area contributed by atoms with Gasteiger partial charge in [0.1, 0.15) is 13.2 Å². The molecular weight excluding hydrogens is 350 g/mol. The summed E-state index contributed by atoms with van der Waals surface area (Å²) in [7, 11) is 1.93. The molecule has 1 N–H and O–H groups in total. The first-order chi connectivity index (χ1) is 11.2. The molecule has 1 aliphatic heterocycles. The zero-order valence-electron chi connectivity index (χ0n) is 13.8. The Labute approximate surface area is 152 Å². The van der Waals surface area contributed by atoms with Crippen molar-refractivity contribution < 1.29 is 14.0 Å². The van der Waals surface area contributed by atoms with Crippen LogP contribution in [0.15, 0.2) is 27.6 Å². The lowest BCUT2D eigenvalue weighted by atomic mass is 10.2. The molecule has 0 fully saturated rings. The van der Waals surface area contributed by atoms with Crippen LogP contribution in [0.4, 0.5) is 0 Å². The van der Waals surface area contributed by atoms with Crippen LogP contribution in [0.1, 0.15) is 18.6 Å². The van der Waals surface area contributed by atoms with Crippen LogP contribution in [0.3, 0.4) is 0 Å². The molecule has 0 spiro atoms. The van der Waals surface area contributed by atoms with E-state index in [1.165, 1.54) is 0 Å². The van der Waals surface area contributed by atoms with Gasteiger partial charge in [-0.15, -0.1) is 24.2 Å². The molecule has 2 heterocycles. The third-order valence-corrected chi connectivity index (χ3v) is 4.59. The Bertz CT molecular complexity index is 653. The number of fused-ring (bicyclic) bond motifs is 1. The molecule has 6 nitrogen and oxygen atoms in total. The van der Waals surface area contributed by atoms with Crippen molar-refractivity contribution in [2.24, 2.45) is 0 Å². The normalized spacial score (nSPS) is 14.1. The van der Waals surface area contributed by atoms with E-state index in [9.17, 15) is 0 Å². The second-order valence-corrected chi connectivity index (χ2v) is 6.57. The summed E-state index contributed by atoms with van der Waals surface area (Å²) in [5, 5.41) is 7.18. The topological polar surface area (TPSA) is 69.4 Å². The minimum atomic E-state index is 0. The Hall–Kier alpha value is -1.44. The highest BCUT2D eigenvalue weighted by atomic mass is 35.5. The Kier molecular flexibility index (Phi) is 7.20. The fourth-order valence-corrected chi connectivity index (χ4v) is 3.09. The fraction of sp³-hybridized carbons (Fsp3) is 0.500. The largest absolute Gasteiger partial charge is 0.486 e. The van der Waals surface area contributed by atoms with Crippen LogP contribution in [0, 0.1) is 0 Å². The summed E-state index contributed by atoms with van der Waals surface area (Å²) in [5.74, 6) is 3.96. The smallest absolute Gasteiger partial charge is 0.227 e. The van der Waals surface area contributed by atoms with Gasteiger partial charge in [-0.25, -0.2) is 0 Å². The monoisotopic (exact) mass is 371 g/mol. The number of nitrogens with one attached hydrogen (secondary N) is 1. The molecule has 1 aliphatic rings. The molecule has 3 rings (SSSR count). The first kappa shape index (κ1) is 18.9. The van der Waals surface area contributed by atoms with Gasteiger partial charge in [-0.1, -0.05) is 5.16 Å². The zero-order chi connectivity index (χ0) is 16.1. The van der Waals surface area contributed by atoms with E-state index >= 15 is 0 Å². The van der Waals surface area contributed by atoms with Crippen LogP contribution in [-0.4, -0.2) is 42.2 Å². The van der Waals surface area contributed by atoms with Gasteiger partial charge in [0.2, 0.25) is 5.89 Å². The minimum Gasteiger partial charge on any atom is -0.486 e. The lowest BCUT2D eigenvalue weighted by molar-refractivity contribution is 0.171. The first-order valence-electron chi connectivity index (χ1n) is 7.76.